The summed E-state index contributed by atoms with van der Waals surface area (Å²) < 4.78 is 0. The summed E-state index contributed by atoms with van der Waals surface area (Å²) in [5.74, 6) is -4.58. The first-order chi connectivity index (χ1) is 26.8. The molecule has 0 saturated carbocycles. The lowest BCUT2D eigenvalue weighted by molar-refractivity contribution is -0.144. The Balaban J connectivity index is 4.13. The van der Waals surface area contributed by atoms with Gasteiger partial charge in [-0.15, -0.1) is 0 Å². The molecule has 0 fully saturated rings. The highest BCUT2D eigenvalue weighted by molar-refractivity contribution is 5.89. The Kier molecular flexibility index (Phi) is 31.6. The molecule has 0 aliphatic rings. The van der Waals surface area contributed by atoms with Crippen molar-refractivity contribution in [3.05, 3.63) is 0 Å². The number of Topliss-reactive ketones (excluding diaryl/α,β-unsaturated/α-hetero) is 2. The molecule has 0 aromatic carbocycles. The predicted octanol–water partition coefficient (Wildman–Crippen LogP) is 3.54. The molecule has 0 aliphatic carbocycles. The second kappa shape index (κ2) is 34.2. The Labute approximate surface area is 331 Å². The molecule has 17 heteroatoms. The van der Waals surface area contributed by atoms with Crippen molar-refractivity contribution in [2.24, 2.45) is 17.4 Å². The van der Waals surface area contributed by atoms with Crippen LogP contribution in [0.5, 0.6) is 0 Å². The number of hydrogen-bond acceptors (Lipinski definition) is 10. The summed E-state index contributed by atoms with van der Waals surface area (Å²) in [6.07, 6.45) is 12.1. The van der Waals surface area contributed by atoms with Crippen LogP contribution in [0.15, 0.2) is 0 Å². The van der Waals surface area contributed by atoms with E-state index in [2.05, 4.69) is 21.3 Å². The number of rotatable bonds is 38. The Bertz CT molecular complexity index is 1190. The van der Waals surface area contributed by atoms with E-state index in [1.165, 1.54) is 0 Å². The number of carbonyl (C=O) groups excluding carboxylic acids is 5. The summed E-state index contributed by atoms with van der Waals surface area (Å²) in [7, 11) is 0. The van der Waals surface area contributed by atoms with Gasteiger partial charge >= 0.3 is 23.9 Å². The van der Waals surface area contributed by atoms with Crippen LogP contribution >= 0.6 is 0 Å². The fraction of sp³-hybridized carbons (Fsp3) is 0.795. The van der Waals surface area contributed by atoms with Gasteiger partial charge in [-0.05, 0) is 96.6 Å². The minimum atomic E-state index is -1.31. The van der Waals surface area contributed by atoms with Crippen LogP contribution in [0.3, 0.4) is 0 Å². The highest BCUT2D eigenvalue weighted by Gasteiger charge is 2.23. The molecule has 4 amide bonds. The number of carboxylic acid groups (broad SMARTS) is 3. The Hall–Kier alpha value is -4.12. The van der Waals surface area contributed by atoms with Crippen LogP contribution in [0.4, 0.5) is 4.79 Å². The zero-order valence-corrected chi connectivity index (χ0v) is 33.3. The second-order valence-corrected chi connectivity index (χ2v) is 14.4. The van der Waals surface area contributed by atoms with E-state index in [1.807, 2.05) is 0 Å². The molecule has 3 atom stereocenters. The average Bonchev–Trinajstić information content (AvgIpc) is 3.14. The number of hydrogen-bond donors (Lipinski definition) is 9. The van der Waals surface area contributed by atoms with Crippen molar-refractivity contribution < 1.29 is 53.7 Å². The lowest BCUT2D eigenvalue weighted by atomic mass is 9.93. The first-order valence-corrected chi connectivity index (χ1v) is 20.5. The molecule has 0 radical (unpaired) electrons. The molecule has 0 aromatic heterocycles. The maximum Gasteiger partial charge on any atom is 0.326 e. The number of nitrogens with two attached hydrogens (primary N) is 2. The van der Waals surface area contributed by atoms with Crippen molar-refractivity contribution in [1.82, 2.24) is 21.3 Å². The number of aliphatic carboxylic acids is 3. The molecule has 0 aliphatic heterocycles. The van der Waals surface area contributed by atoms with Gasteiger partial charge in [-0.2, -0.15) is 0 Å². The molecule has 0 bridgehead atoms. The first kappa shape index (κ1) is 51.9. The molecule has 0 rings (SSSR count). The summed E-state index contributed by atoms with van der Waals surface area (Å²) in [6, 6.07) is -2.52. The Morgan fingerprint density at radius 3 is 1.62 bits per heavy atom. The first-order valence-electron chi connectivity index (χ1n) is 20.5. The van der Waals surface area contributed by atoms with Gasteiger partial charge in [-0.25, -0.2) is 9.59 Å². The van der Waals surface area contributed by atoms with Crippen molar-refractivity contribution in [3.63, 3.8) is 0 Å². The van der Waals surface area contributed by atoms with E-state index in [0.29, 0.717) is 103 Å². The highest BCUT2D eigenvalue weighted by Crippen LogP contribution is 2.18. The van der Waals surface area contributed by atoms with Gasteiger partial charge in [-0.3, -0.25) is 28.8 Å². The summed E-state index contributed by atoms with van der Waals surface area (Å²) in [6.45, 7) is 1.88. The number of amides is 4. The number of nitrogens with one attached hydrogen (secondary N) is 4. The topological polar surface area (TPSA) is 297 Å². The molecule has 322 valence electrons. The lowest BCUT2D eigenvalue weighted by Gasteiger charge is -2.18. The molecule has 0 spiro atoms. The second-order valence-electron chi connectivity index (χ2n) is 14.4. The molecule has 11 N–H and O–H groups in total. The average molecular weight is 799 g/mol. The van der Waals surface area contributed by atoms with Crippen LogP contribution in [-0.2, 0) is 33.6 Å². The van der Waals surface area contributed by atoms with E-state index in [4.69, 9.17) is 21.7 Å². The third-order valence-electron chi connectivity index (χ3n) is 9.40. The lowest BCUT2D eigenvalue weighted by Crippen LogP contribution is -2.46. The Morgan fingerprint density at radius 1 is 0.464 bits per heavy atom. The van der Waals surface area contributed by atoms with E-state index in [-0.39, 0.29) is 49.1 Å². The Morgan fingerprint density at radius 2 is 1.00 bits per heavy atom. The zero-order chi connectivity index (χ0) is 42.0. The molecular weight excluding hydrogens is 728 g/mol. The van der Waals surface area contributed by atoms with Crippen LogP contribution in [0.25, 0.3) is 0 Å². The van der Waals surface area contributed by atoms with Crippen LogP contribution in [0.1, 0.15) is 154 Å². The maximum absolute atomic E-state index is 12.9. The van der Waals surface area contributed by atoms with Crippen LogP contribution in [0.2, 0.25) is 0 Å². The monoisotopic (exact) mass is 799 g/mol. The normalized spacial score (nSPS) is 12.5. The highest BCUT2D eigenvalue weighted by atomic mass is 16.4. The summed E-state index contributed by atoms with van der Waals surface area (Å²) in [4.78, 5) is 95.4. The molecular formula is C39H70N6O11. The third kappa shape index (κ3) is 30.1. The van der Waals surface area contributed by atoms with E-state index in [0.717, 1.165) is 51.4 Å². The van der Waals surface area contributed by atoms with E-state index in [1.54, 1.807) is 0 Å². The number of urea groups is 1. The quantitative estimate of drug-likeness (QED) is 0.0405. The van der Waals surface area contributed by atoms with Crippen molar-refractivity contribution in [3.8, 4) is 0 Å². The van der Waals surface area contributed by atoms with Gasteiger partial charge in [0.15, 0.2) is 5.78 Å². The van der Waals surface area contributed by atoms with Gasteiger partial charge in [0, 0.05) is 51.6 Å². The predicted molar refractivity (Wildman–Crippen MR) is 211 cm³/mol. The standard InChI is InChI=1S/C39H70N6O11/c40-24-12-4-10-21-35(49)44-31(18-11-13-25-41)33(47)19-8-3-6-16-29(37(52)53)28-30(46)17-7-1-2-9-20-34(48)42-26-14-5-15-27-43-39(56)45-32(38(54)55)22-23-36(50)51/h29,31-32H,1-28,40-41H2,(H,42,48)(H,44,49)(H,50,51)(H,52,53)(H,54,55)(H2,43,45,56)/t29?,31?,32-/m0/s1. The van der Waals surface area contributed by atoms with Gasteiger partial charge in [0.2, 0.25) is 11.8 Å². The molecule has 0 heterocycles. The van der Waals surface area contributed by atoms with Crippen LogP contribution in [-0.4, -0.2) is 101 Å². The maximum atomic E-state index is 12.9. The third-order valence-corrected chi connectivity index (χ3v) is 9.40. The van der Waals surface area contributed by atoms with Crippen molar-refractivity contribution in [1.29, 1.82) is 0 Å². The summed E-state index contributed by atoms with van der Waals surface area (Å²) in [5, 5.41) is 37.9. The van der Waals surface area contributed by atoms with Crippen molar-refractivity contribution in [2.45, 2.75) is 166 Å². The van der Waals surface area contributed by atoms with E-state index in [9.17, 15) is 43.5 Å². The van der Waals surface area contributed by atoms with Crippen molar-refractivity contribution in [2.75, 3.05) is 26.2 Å². The van der Waals surface area contributed by atoms with Gasteiger partial charge in [0.25, 0.3) is 0 Å². The zero-order valence-electron chi connectivity index (χ0n) is 33.3. The number of ketones is 2. The fourth-order valence-electron chi connectivity index (χ4n) is 6.05. The SMILES string of the molecule is NCCCCCC(=O)NC(CCCCN)C(=O)CCCCCC(CC(=O)CCCCCCC(=O)NCCCCCNC(=O)N[C@@H](CCC(=O)O)C(=O)O)C(=O)O. The van der Waals surface area contributed by atoms with Gasteiger partial charge < -0.3 is 48.1 Å². The minimum Gasteiger partial charge on any atom is -0.481 e. The molecule has 0 saturated heterocycles. The minimum absolute atomic E-state index is 0.0275. The molecule has 2 unspecified atom stereocenters. The fourth-order valence-corrected chi connectivity index (χ4v) is 6.05. The molecule has 17 nitrogen and oxygen atoms in total. The smallest absolute Gasteiger partial charge is 0.326 e. The van der Waals surface area contributed by atoms with Gasteiger partial charge in [0.1, 0.15) is 11.8 Å². The van der Waals surface area contributed by atoms with E-state index >= 15 is 0 Å². The van der Waals surface area contributed by atoms with Crippen molar-refractivity contribution >= 4 is 47.3 Å². The largest absolute Gasteiger partial charge is 0.481 e. The number of carboxylic acids is 3. The van der Waals surface area contributed by atoms with E-state index < -0.39 is 41.9 Å². The number of carbonyl (C=O) groups is 8. The van der Waals surface area contributed by atoms with Gasteiger partial charge in [-0.1, -0.05) is 32.1 Å². The summed E-state index contributed by atoms with van der Waals surface area (Å²) >= 11 is 0. The van der Waals surface area contributed by atoms with Crippen LogP contribution < -0.4 is 32.7 Å². The van der Waals surface area contributed by atoms with Crippen LogP contribution in [0, 0.1) is 5.92 Å². The summed E-state index contributed by atoms with van der Waals surface area (Å²) in [5.41, 5.74) is 11.1. The number of unbranched alkanes of at least 4 members (excludes halogenated alkanes) is 10. The van der Waals surface area contributed by atoms with Gasteiger partial charge in [0.05, 0.1) is 12.0 Å². The molecule has 56 heavy (non-hydrogen) atoms. The molecule has 0 aromatic rings.